The van der Waals surface area contributed by atoms with Crippen LogP contribution in [0.4, 0.5) is 5.69 Å². The highest BCUT2D eigenvalue weighted by Crippen LogP contribution is 2.29. The molecule has 3 aromatic rings. The van der Waals surface area contributed by atoms with Gasteiger partial charge < -0.3 is 10.1 Å². The summed E-state index contributed by atoms with van der Waals surface area (Å²) in [7, 11) is -2.36. The lowest BCUT2D eigenvalue weighted by molar-refractivity contribution is 0.102. The molecule has 156 valence electrons. The molecule has 0 saturated carbocycles. The van der Waals surface area contributed by atoms with Crippen molar-refractivity contribution >= 4 is 21.6 Å². The maximum atomic E-state index is 12.9. The normalized spacial score (nSPS) is 12.2. The first-order valence-electron chi connectivity index (χ1n) is 9.44. The van der Waals surface area contributed by atoms with Gasteiger partial charge in [0.1, 0.15) is 5.75 Å². The van der Waals surface area contributed by atoms with Crippen molar-refractivity contribution in [1.82, 2.24) is 4.72 Å². The van der Waals surface area contributed by atoms with E-state index < -0.39 is 16.1 Å². The van der Waals surface area contributed by atoms with Gasteiger partial charge in [-0.2, -0.15) is 0 Å². The highest BCUT2D eigenvalue weighted by atomic mass is 32.2. The SMILES string of the molecule is COc1ccc(S(=O)(=O)N[C@@H](C)c2ccccc2)cc1NC(=O)c1ccccc1C. The molecule has 3 rings (SSSR count). The second-order valence-electron chi connectivity index (χ2n) is 6.88. The van der Waals surface area contributed by atoms with Gasteiger partial charge in [-0.15, -0.1) is 0 Å². The third-order valence-corrected chi connectivity index (χ3v) is 6.29. The number of amides is 1. The zero-order valence-electron chi connectivity index (χ0n) is 17.0. The summed E-state index contributed by atoms with van der Waals surface area (Å²) in [5.41, 5.74) is 2.45. The van der Waals surface area contributed by atoms with Crippen molar-refractivity contribution in [2.45, 2.75) is 24.8 Å². The molecule has 0 aliphatic heterocycles. The van der Waals surface area contributed by atoms with Crippen LogP contribution in [0.5, 0.6) is 5.75 Å². The van der Waals surface area contributed by atoms with Gasteiger partial charge in [0.25, 0.3) is 5.91 Å². The molecule has 0 aromatic heterocycles. The van der Waals surface area contributed by atoms with Crippen molar-refractivity contribution in [2.75, 3.05) is 12.4 Å². The van der Waals surface area contributed by atoms with E-state index in [1.807, 2.05) is 49.4 Å². The van der Waals surface area contributed by atoms with Crippen LogP contribution < -0.4 is 14.8 Å². The van der Waals surface area contributed by atoms with Crippen LogP contribution in [0.25, 0.3) is 0 Å². The van der Waals surface area contributed by atoms with E-state index in [-0.39, 0.29) is 16.5 Å². The Bertz CT molecular complexity index is 1140. The average molecular weight is 425 g/mol. The molecular weight excluding hydrogens is 400 g/mol. The molecule has 2 N–H and O–H groups in total. The first kappa shape index (κ1) is 21.5. The Morgan fingerprint density at radius 3 is 2.30 bits per heavy atom. The Labute approximate surface area is 177 Å². The lowest BCUT2D eigenvalue weighted by Crippen LogP contribution is -2.27. The van der Waals surface area contributed by atoms with Gasteiger partial charge in [0.05, 0.1) is 17.7 Å². The Kier molecular flexibility index (Phi) is 6.54. The molecule has 0 fully saturated rings. The summed E-state index contributed by atoms with van der Waals surface area (Å²) < 4.78 is 33.8. The van der Waals surface area contributed by atoms with Gasteiger partial charge >= 0.3 is 0 Å². The number of ether oxygens (including phenoxy) is 1. The number of hydrogen-bond acceptors (Lipinski definition) is 4. The molecule has 0 saturated heterocycles. The third kappa shape index (κ3) is 4.87. The van der Waals surface area contributed by atoms with Gasteiger partial charge in [-0.25, -0.2) is 13.1 Å². The molecule has 0 spiro atoms. The minimum atomic E-state index is -3.82. The molecule has 0 aliphatic rings. The van der Waals surface area contributed by atoms with Gasteiger partial charge in [0.2, 0.25) is 10.0 Å². The molecule has 0 aliphatic carbocycles. The summed E-state index contributed by atoms with van der Waals surface area (Å²) >= 11 is 0. The number of methoxy groups -OCH3 is 1. The minimum absolute atomic E-state index is 0.0335. The van der Waals surface area contributed by atoms with Crippen molar-refractivity contribution in [3.8, 4) is 5.75 Å². The molecule has 7 heteroatoms. The van der Waals surface area contributed by atoms with Crippen LogP contribution in [0.15, 0.2) is 77.7 Å². The summed E-state index contributed by atoms with van der Waals surface area (Å²) in [5.74, 6) is 0.0264. The Hall–Kier alpha value is -3.16. The van der Waals surface area contributed by atoms with E-state index in [2.05, 4.69) is 10.0 Å². The number of benzene rings is 3. The Balaban J connectivity index is 1.88. The van der Waals surface area contributed by atoms with E-state index in [9.17, 15) is 13.2 Å². The lowest BCUT2D eigenvalue weighted by atomic mass is 10.1. The molecule has 6 nitrogen and oxygen atoms in total. The second kappa shape index (κ2) is 9.11. The topological polar surface area (TPSA) is 84.5 Å². The number of sulfonamides is 1. The van der Waals surface area contributed by atoms with Crippen LogP contribution in [-0.2, 0) is 10.0 Å². The van der Waals surface area contributed by atoms with Crippen molar-refractivity contribution in [3.05, 3.63) is 89.5 Å². The number of hydrogen-bond donors (Lipinski definition) is 2. The van der Waals surface area contributed by atoms with Gasteiger partial charge in [-0.05, 0) is 49.2 Å². The largest absolute Gasteiger partial charge is 0.495 e. The second-order valence-corrected chi connectivity index (χ2v) is 8.60. The quantitative estimate of drug-likeness (QED) is 0.592. The number of anilines is 1. The number of carbonyl (C=O) groups excluding carboxylic acids is 1. The van der Waals surface area contributed by atoms with E-state index in [1.54, 1.807) is 19.1 Å². The van der Waals surface area contributed by atoms with Gasteiger partial charge in [-0.3, -0.25) is 4.79 Å². The summed E-state index contributed by atoms with van der Waals surface area (Å²) in [6.07, 6.45) is 0. The van der Waals surface area contributed by atoms with E-state index in [0.717, 1.165) is 11.1 Å². The number of carbonyl (C=O) groups is 1. The third-order valence-electron chi connectivity index (χ3n) is 4.75. The zero-order chi connectivity index (χ0) is 21.7. The fraction of sp³-hybridized carbons (Fsp3) is 0.174. The number of rotatable bonds is 7. The predicted octanol–water partition coefficient (Wildman–Crippen LogP) is 4.30. The molecule has 1 atom stereocenters. The van der Waals surface area contributed by atoms with Gasteiger partial charge in [0, 0.05) is 11.6 Å². The Morgan fingerprint density at radius 2 is 1.63 bits per heavy atom. The van der Waals surface area contributed by atoms with E-state index >= 15 is 0 Å². The monoisotopic (exact) mass is 424 g/mol. The highest BCUT2D eigenvalue weighted by Gasteiger charge is 2.21. The summed E-state index contributed by atoms with van der Waals surface area (Å²) in [6, 6.07) is 20.4. The zero-order valence-corrected chi connectivity index (χ0v) is 17.9. The molecule has 0 bridgehead atoms. The Morgan fingerprint density at radius 1 is 0.967 bits per heavy atom. The summed E-state index contributed by atoms with van der Waals surface area (Å²) in [5, 5.41) is 2.76. The number of nitrogens with one attached hydrogen (secondary N) is 2. The predicted molar refractivity (Wildman–Crippen MR) is 117 cm³/mol. The molecule has 0 radical (unpaired) electrons. The standard InChI is InChI=1S/C23H24N2O4S/c1-16-9-7-8-12-20(16)23(26)24-21-15-19(13-14-22(21)29-3)30(27,28)25-17(2)18-10-5-4-6-11-18/h4-15,17,25H,1-3H3,(H,24,26)/t17-/m0/s1. The summed E-state index contributed by atoms with van der Waals surface area (Å²) in [4.78, 5) is 12.7. The van der Waals surface area contributed by atoms with Crippen LogP contribution in [0.2, 0.25) is 0 Å². The summed E-state index contributed by atoms with van der Waals surface area (Å²) in [6.45, 7) is 3.61. The fourth-order valence-corrected chi connectivity index (χ4v) is 4.34. The van der Waals surface area contributed by atoms with Crippen molar-refractivity contribution < 1.29 is 17.9 Å². The van der Waals surface area contributed by atoms with Crippen LogP contribution in [0.3, 0.4) is 0 Å². The van der Waals surface area contributed by atoms with Crippen LogP contribution in [-0.4, -0.2) is 21.4 Å². The molecule has 1 amide bonds. The van der Waals surface area contributed by atoms with Crippen LogP contribution in [0.1, 0.15) is 34.5 Å². The maximum Gasteiger partial charge on any atom is 0.256 e. The molecule has 0 unspecified atom stereocenters. The fourth-order valence-electron chi connectivity index (χ4n) is 3.08. The van der Waals surface area contributed by atoms with E-state index in [4.69, 9.17) is 4.74 Å². The molecule has 30 heavy (non-hydrogen) atoms. The minimum Gasteiger partial charge on any atom is -0.495 e. The number of aryl methyl sites for hydroxylation is 1. The first-order chi connectivity index (χ1) is 14.3. The van der Waals surface area contributed by atoms with Crippen molar-refractivity contribution in [3.63, 3.8) is 0 Å². The van der Waals surface area contributed by atoms with Crippen LogP contribution >= 0.6 is 0 Å². The van der Waals surface area contributed by atoms with Crippen LogP contribution in [0, 0.1) is 6.92 Å². The first-order valence-corrected chi connectivity index (χ1v) is 10.9. The van der Waals surface area contributed by atoms with Crippen molar-refractivity contribution in [2.24, 2.45) is 0 Å². The molecular formula is C23H24N2O4S. The van der Waals surface area contributed by atoms with Crippen molar-refractivity contribution in [1.29, 1.82) is 0 Å². The smallest absolute Gasteiger partial charge is 0.256 e. The lowest BCUT2D eigenvalue weighted by Gasteiger charge is -2.16. The maximum absolute atomic E-state index is 12.9. The molecule has 0 heterocycles. The van der Waals surface area contributed by atoms with Gasteiger partial charge in [0.15, 0.2) is 0 Å². The highest BCUT2D eigenvalue weighted by molar-refractivity contribution is 7.89. The van der Waals surface area contributed by atoms with Gasteiger partial charge in [-0.1, -0.05) is 48.5 Å². The average Bonchev–Trinajstić information content (AvgIpc) is 2.74. The van der Waals surface area contributed by atoms with E-state index in [0.29, 0.717) is 11.3 Å². The molecule has 3 aromatic carbocycles. The van der Waals surface area contributed by atoms with E-state index in [1.165, 1.54) is 25.3 Å².